The van der Waals surface area contributed by atoms with Crippen molar-refractivity contribution in [3.05, 3.63) is 0 Å². The standard InChI is InChI=1S/C10H18O3/c1-5-8(4)10(12)13-9(11)6-7(2)3/h7-8H,5-6H2,1-4H3. The van der Waals surface area contributed by atoms with Crippen molar-refractivity contribution in [2.45, 2.75) is 40.5 Å². The van der Waals surface area contributed by atoms with Crippen LogP contribution in [0.25, 0.3) is 0 Å². The lowest BCUT2D eigenvalue weighted by Crippen LogP contribution is -2.19. The molecule has 3 heteroatoms. The van der Waals surface area contributed by atoms with Crippen molar-refractivity contribution in [2.24, 2.45) is 11.8 Å². The summed E-state index contributed by atoms with van der Waals surface area (Å²) in [6, 6.07) is 0. The van der Waals surface area contributed by atoms with E-state index >= 15 is 0 Å². The molecule has 0 rings (SSSR count). The molecule has 0 aromatic rings. The monoisotopic (exact) mass is 186 g/mol. The van der Waals surface area contributed by atoms with Crippen LogP contribution in [0, 0.1) is 11.8 Å². The van der Waals surface area contributed by atoms with Gasteiger partial charge in [0.15, 0.2) is 0 Å². The molecule has 1 unspecified atom stereocenters. The largest absolute Gasteiger partial charge is 0.393 e. The van der Waals surface area contributed by atoms with E-state index in [1.807, 2.05) is 20.8 Å². The van der Waals surface area contributed by atoms with Gasteiger partial charge in [-0.15, -0.1) is 0 Å². The molecular formula is C10H18O3. The van der Waals surface area contributed by atoms with Crippen molar-refractivity contribution in [3.8, 4) is 0 Å². The van der Waals surface area contributed by atoms with Gasteiger partial charge in [-0.3, -0.25) is 9.59 Å². The van der Waals surface area contributed by atoms with E-state index in [9.17, 15) is 9.59 Å². The third kappa shape index (κ3) is 5.39. The first-order valence-corrected chi connectivity index (χ1v) is 4.71. The fraction of sp³-hybridized carbons (Fsp3) is 0.800. The van der Waals surface area contributed by atoms with E-state index in [2.05, 4.69) is 4.74 Å². The van der Waals surface area contributed by atoms with Crippen LogP contribution < -0.4 is 0 Å². The summed E-state index contributed by atoms with van der Waals surface area (Å²) in [5.41, 5.74) is 0. The molecule has 0 fully saturated rings. The molecule has 0 aliphatic heterocycles. The Balaban J connectivity index is 3.85. The lowest BCUT2D eigenvalue weighted by molar-refractivity contribution is -0.162. The minimum Gasteiger partial charge on any atom is -0.393 e. The number of ether oxygens (including phenoxy) is 1. The van der Waals surface area contributed by atoms with Gasteiger partial charge in [0, 0.05) is 6.42 Å². The van der Waals surface area contributed by atoms with E-state index in [0.29, 0.717) is 12.8 Å². The first-order chi connectivity index (χ1) is 5.97. The van der Waals surface area contributed by atoms with Gasteiger partial charge in [0.1, 0.15) is 0 Å². The zero-order valence-electron chi connectivity index (χ0n) is 8.79. The van der Waals surface area contributed by atoms with Gasteiger partial charge >= 0.3 is 11.9 Å². The maximum atomic E-state index is 11.1. The summed E-state index contributed by atoms with van der Waals surface area (Å²) in [7, 11) is 0. The number of esters is 2. The summed E-state index contributed by atoms with van der Waals surface area (Å²) in [6.07, 6.45) is 1.01. The van der Waals surface area contributed by atoms with E-state index in [4.69, 9.17) is 0 Å². The molecule has 0 saturated carbocycles. The van der Waals surface area contributed by atoms with Crippen LogP contribution >= 0.6 is 0 Å². The zero-order valence-corrected chi connectivity index (χ0v) is 8.79. The Labute approximate surface area is 79.5 Å². The van der Waals surface area contributed by atoms with Gasteiger partial charge in [0.05, 0.1) is 5.92 Å². The molecule has 3 nitrogen and oxygen atoms in total. The Hall–Kier alpha value is -0.860. The molecule has 1 atom stereocenters. The first-order valence-electron chi connectivity index (χ1n) is 4.71. The summed E-state index contributed by atoms with van der Waals surface area (Å²) in [4.78, 5) is 22.2. The summed E-state index contributed by atoms with van der Waals surface area (Å²) in [5, 5.41) is 0. The SMILES string of the molecule is CCC(C)C(=O)OC(=O)CC(C)C. The predicted octanol–water partition coefficient (Wildman–Crippen LogP) is 2.15. The molecule has 0 N–H and O–H groups in total. The van der Waals surface area contributed by atoms with Crippen molar-refractivity contribution in [3.63, 3.8) is 0 Å². The van der Waals surface area contributed by atoms with E-state index in [1.54, 1.807) is 6.92 Å². The van der Waals surface area contributed by atoms with Gasteiger partial charge in [0.2, 0.25) is 0 Å². The number of carbonyl (C=O) groups excluding carboxylic acids is 2. The second-order valence-electron chi connectivity index (χ2n) is 3.70. The minimum absolute atomic E-state index is 0.184. The molecule has 0 aliphatic carbocycles. The Morgan fingerprint density at radius 2 is 1.77 bits per heavy atom. The van der Waals surface area contributed by atoms with Crippen molar-refractivity contribution < 1.29 is 14.3 Å². The molecular weight excluding hydrogens is 168 g/mol. The average molecular weight is 186 g/mol. The normalized spacial score (nSPS) is 12.7. The molecule has 13 heavy (non-hydrogen) atoms. The lowest BCUT2D eigenvalue weighted by Gasteiger charge is -2.08. The highest BCUT2D eigenvalue weighted by Crippen LogP contribution is 2.06. The summed E-state index contributed by atoms with van der Waals surface area (Å²) in [5.74, 6) is -0.776. The van der Waals surface area contributed by atoms with Gasteiger partial charge in [-0.2, -0.15) is 0 Å². The lowest BCUT2D eigenvalue weighted by atomic mass is 10.1. The summed E-state index contributed by atoms with van der Waals surface area (Å²) >= 11 is 0. The van der Waals surface area contributed by atoms with Crippen LogP contribution in [-0.2, 0) is 14.3 Å². The quantitative estimate of drug-likeness (QED) is 0.499. The number of rotatable bonds is 4. The molecule has 76 valence electrons. The number of carbonyl (C=O) groups is 2. The van der Waals surface area contributed by atoms with E-state index in [0.717, 1.165) is 0 Å². The van der Waals surface area contributed by atoms with E-state index in [-0.39, 0.29) is 11.8 Å². The highest BCUT2D eigenvalue weighted by Gasteiger charge is 2.16. The highest BCUT2D eigenvalue weighted by atomic mass is 16.6. The average Bonchev–Trinajstić information content (AvgIpc) is 2.01. The van der Waals surface area contributed by atoms with Crippen LogP contribution in [-0.4, -0.2) is 11.9 Å². The number of hydrogen-bond donors (Lipinski definition) is 0. The van der Waals surface area contributed by atoms with Crippen molar-refractivity contribution >= 4 is 11.9 Å². The molecule has 0 radical (unpaired) electrons. The van der Waals surface area contributed by atoms with Crippen LogP contribution in [0.3, 0.4) is 0 Å². The Morgan fingerprint density at radius 1 is 1.23 bits per heavy atom. The molecule has 0 aliphatic rings. The van der Waals surface area contributed by atoms with Gasteiger partial charge in [-0.05, 0) is 12.3 Å². The van der Waals surface area contributed by atoms with Crippen LogP contribution in [0.5, 0.6) is 0 Å². The van der Waals surface area contributed by atoms with Gasteiger partial charge < -0.3 is 4.74 Å². The highest BCUT2D eigenvalue weighted by molar-refractivity contribution is 5.86. The van der Waals surface area contributed by atoms with E-state index < -0.39 is 11.9 Å². The molecule has 0 aromatic heterocycles. The molecule has 0 heterocycles. The molecule has 0 saturated heterocycles. The Kier molecular flexibility index (Phi) is 5.35. The fourth-order valence-corrected chi connectivity index (χ4v) is 0.754. The third-order valence-electron chi connectivity index (χ3n) is 1.80. The molecule has 0 amide bonds. The van der Waals surface area contributed by atoms with Crippen molar-refractivity contribution in [2.75, 3.05) is 0 Å². The van der Waals surface area contributed by atoms with Crippen LogP contribution in [0.4, 0.5) is 0 Å². The third-order valence-corrected chi connectivity index (χ3v) is 1.80. The predicted molar refractivity (Wildman–Crippen MR) is 50.0 cm³/mol. The molecule has 0 aromatic carbocycles. The Morgan fingerprint density at radius 3 is 2.15 bits per heavy atom. The van der Waals surface area contributed by atoms with Crippen LogP contribution in [0.2, 0.25) is 0 Å². The number of hydrogen-bond acceptors (Lipinski definition) is 3. The molecule has 0 spiro atoms. The smallest absolute Gasteiger partial charge is 0.316 e. The summed E-state index contributed by atoms with van der Waals surface area (Å²) in [6.45, 7) is 7.47. The summed E-state index contributed by atoms with van der Waals surface area (Å²) < 4.78 is 4.64. The second-order valence-corrected chi connectivity index (χ2v) is 3.70. The first kappa shape index (κ1) is 12.1. The van der Waals surface area contributed by atoms with Gasteiger partial charge in [-0.1, -0.05) is 27.7 Å². The topological polar surface area (TPSA) is 43.4 Å². The second kappa shape index (κ2) is 5.73. The van der Waals surface area contributed by atoms with Crippen molar-refractivity contribution in [1.29, 1.82) is 0 Å². The Bertz CT molecular complexity index is 185. The van der Waals surface area contributed by atoms with Crippen LogP contribution in [0.1, 0.15) is 40.5 Å². The van der Waals surface area contributed by atoms with Gasteiger partial charge in [0.25, 0.3) is 0 Å². The van der Waals surface area contributed by atoms with Crippen LogP contribution in [0.15, 0.2) is 0 Å². The maximum absolute atomic E-state index is 11.1. The molecule has 0 bridgehead atoms. The van der Waals surface area contributed by atoms with E-state index in [1.165, 1.54) is 0 Å². The zero-order chi connectivity index (χ0) is 10.4. The minimum atomic E-state index is -0.416. The van der Waals surface area contributed by atoms with Gasteiger partial charge in [-0.25, -0.2) is 0 Å². The fourth-order valence-electron chi connectivity index (χ4n) is 0.754. The van der Waals surface area contributed by atoms with Crippen molar-refractivity contribution in [1.82, 2.24) is 0 Å². The maximum Gasteiger partial charge on any atom is 0.316 e.